The maximum atomic E-state index is 11.8. The topological polar surface area (TPSA) is 121 Å². The number of phenolic OH excluding ortho intramolecular Hbond substituents is 1. The average Bonchev–Trinajstić information content (AvgIpc) is 2.80. The van der Waals surface area contributed by atoms with E-state index in [0.717, 1.165) is 0 Å². The van der Waals surface area contributed by atoms with Gasteiger partial charge >= 0.3 is 0 Å². The van der Waals surface area contributed by atoms with Crippen LogP contribution in [0.2, 0.25) is 15.1 Å². The lowest BCUT2D eigenvalue weighted by atomic mass is 10.2. The van der Waals surface area contributed by atoms with Gasteiger partial charge in [-0.15, -0.1) is 0 Å². The van der Waals surface area contributed by atoms with E-state index >= 15 is 0 Å². The zero-order valence-corrected chi connectivity index (χ0v) is 12.3. The SMILES string of the molecule is Nc1nc2nc(-c3c(O)c(Cl)cc(Cl)c3Cl)[nH]c2c(=O)[nH]1. The number of anilines is 1. The molecule has 3 aromatic rings. The Bertz CT molecular complexity index is 907. The van der Waals surface area contributed by atoms with Crippen molar-refractivity contribution in [2.45, 2.75) is 0 Å². The van der Waals surface area contributed by atoms with E-state index in [1.807, 2.05) is 0 Å². The summed E-state index contributed by atoms with van der Waals surface area (Å²) in [5.41, 5.74) is 5.19. The van der Waals surface area contributed by atoms with Crippen molar-refractivity contribution >= 4 is 51.9 Å². The molecule has 0 aliphatic carbocycles. The molecule has 21 heavy (non-hydrogen) atoms. The maximum absolute atomic E-state index is 11.8. The van der Waals surface area contributed by atoms with E-state index in [1.165, 1.54) is 6.07 Å². The Hall–Kier alpha value is -1.96. The standard InChI is InChI=1S/C11H6Cl3N5O2/c12-2-1-3(13)7(20)4(5(2)14)8-16-6-9(17-8)18-11(15)19-10(6)21/h1,20H,(H4,15,16,17,18,19,21). The Morgan fingerprint density at radius 3 is 2.57 bits per heavy atom. The minimum absolute atomic E-state index is 0.00115. The van der Waals surface area contributed by atoms with Crippen molar-refractivity contribution in [2.24, 2.45) is 0 Å². The summed E-state index contributed by atoms with van der Waals surface area (Å²) in [6.45, 7) is 0. The fourth-order valence-corrected chi connectivity index (χ4v) is 2.54. The minimum atomic E-state index is -0.500. The summed E-state index contributed by atoms with van der Waals surface area (Å²) in [5, 5.41) is 10.2. The Balaban J connectivity index is 2.36. The van der Waals surface area contributed by atoms with Crippen molar-refractivity contribution in [2.75, 3.05) is 5.73 Å². The van der Waals surface area contributed by atoms with Crippen LogP contribution in [0.25, 0.3) is 22.6 Å². The number of nitrogens with two attached hydrogens (primary N) is 1. The quantitative estimate of drug-likeness (QED) is 0.505. The van der Waals surface area contributed by atoms with Gasteiger partial charge in [0.15, 0.2) is 11.2 Å². The van der Waals surface area contributed by atoms with Crippen LogP contribution in [0.4, 0.5) is 5.95 Å². The highest BCUT2D eigenvalue weighted by molar-refractivity contribution is 6.45. The van der Waals surface area contributed by atoms with Gasteiger partial charge in [0.1, 0.15) is 11.6 Å². The highest BCUT2D eigenvalue weighted by Crippen LogP contribution is 2.43. The molecule has 5 N–H and O–H groups in total. The molecule has 10 heteroatoms. The number of nitrogens with zero attached hydrogens (tertiary/aromatic N) is 2. The number of hydrogen-bond donors (Lipinski definition) is 4. The number of aromatic nitrogens is 4. The zero-order chi connectivity index (χ0) is 15.3. The molecule has 0 aliphatic heterocycles. The number of imidazole rings is 1. The van der Waals surface area contributed by atoms with Gasteiger partial charge in [0.25, 0.3) is 5.56 Å². The predicted octanol–water partition coefficient (Wildman–Crippen LogP) is 2.56. The van der Waals surface area contributed by atoms with Crippen molar-refractivity contribution in [1.29, 1.82) is 0 Å². The van der Waals surface area contributed by atoms with Crippen LogP contribution in [0, 0.1) is 0 Å². The molecule has 2 aromatic heterocycles. The summed E-state index contributed by atoms with van der Waals surface area (Å²) in [6.07, 6.45) is 0. The van der Waals surface area contributed by atoms with Crippen molar-refractivity contribution in [3.8, 4) is 17.1 Å². The van der Waals surface area contributed by atoms with Gasteiger partial charge in [0.05, 0.1) is 20.6 Å². The largest absolute Gasteiger partial charge is 0.506 e. The third-order valence-corrected chi connectivity index (χ3v) is 3.84. The molecule has 0 amide bonds. The molecule has 108 valence electrons. The number of nitrogen functional groups attached to an aromatic ring is 1. The van der Waals surface area contributed by atoms with Crippen LogP contribution in [-0.4, -0.2) is 25.0 Å². The number of aromatic hydroxyl groups is 1. The van der Waals surface area contributed by atoms with Gasteiger partial charge in [0, 0.05) is 0 Å². The summed E-state index contributed by atoms with van der Waals surface area (Å²) < 4.78 is 0. The van der Waals surface area contributed by atoms with Gasteiger partial charge in [-0.05, 0) is 6.07 Å². The van der Waals surface area contributed by atoms with Gasteiger partial charge in [-0.2, -0.15) is 4.98 Å². The van der Waals surface area contributed by atoms with E-state index in [9.17, 15) is 9.90 Å². The van der Waals surface area contributed by atoms with Crippen LogP contribution in [0.15, 0.2) is 10.9 Å². The number of phenols is 1. The second kappa shape index (κ2) is 4.80. The molecule has 2 heterocycles. The van der Waals surface area contributed by atoms with Gasteiger partial charge < -0.3 is 15.8 Å². The van der Waals surface area contributed by atoms with Gasteiger partial charge in [0.2, 0.25) is 5.95 Å². The number of H-pyrrole nitrogens is 2. The third-order valence-electron chi connectivity index (χ3n) is 2.76. The minimum Gasteiger partial charge on any atom is -0.506 e. The van der Waals surface area contributed by atoms with E-state index in [4.69, 9.17) is 40.5 Å². The second-order valence-electron chi connectivity index (χ2n) is 4.11. The number of rotatable bonds is 1. The van der Waals surface area contributed by atoms with Crippen LogP contribution < -0.4 is 11.3 Å². The van der Waals surface area contributed by atoms with Crippen LogP contribution in [0.5, 0.6) is 5.75 Å². The summed E-state index contributed by atoms with van der Waals surface area (Å²) in [7, 11) is 0. The van der Waals surface area contributed by atoms with Crippen LogP contribution >= 0.6 is 34.8 Å². The normalized spacial score (nSPS) is 11.2. The molecule has 0 saturated heterocycles. The molecule has 0 fully saturated rings. The van der Waals surface area contributed by atoms with Crippen molar-refractivity contribution in [1.82, 2.24) is 19.9 Å². The van der Waals surface area contributed by atoms with Gasteiger partial charge in [-0.1, -0.05) is 34.8 Å². The number of benzene rings is 1. The highest BCUT2D eigenvalue weighted by atomic mass is 35.5. The lowest BCUT2D eigenvalue weighted by Crippen LogP contribution is -2.10. The Labute approximate surface area is 131 Å². The lowest BCUT2D eigenvalue weighted by Gasteiger charge is -2.07. The Morgan fingerprint density at radius 2 is 1.86 bits per heavy atom. The fourth-order valence-electron chi connectivity index (χ4n) is 1.84. The number of halogens is 3. The molecule has 0 radical (unpaired) electrons. The average molecular weight is 347 g/mol. The summed E-state index contributed by atoms with van der Waals surface area (Å²) in [4.78, 5) is 24.7. The van der Waals surface area contributed by atoms with E-state index in [2.05, 4.69) is 19.9 Å². The van der Waals surface area contributed by atoms with E-state index in [0.29, 0.717) is 0 Å². The van der Waals surface area contributed by atoms with E-state index < -0.39 is 5.56 Å². The summed E-state index contributed by atoms with van der Waals surface area (Å²) >= 11 is 17.8. The predicted molar refractivity (Wildman–Crippen MR) is 81.1 cm³/mol. The first-order valence-corrected chi connectivity index (χ1v) is 6.64. The fraction of sp³-hybridized carbons (Fsp3) is 0. The summed E-state index contributed by atoms with van der Waals surface area (Å²) in [5.74, 6) is -0.292. The van der Waals surface area contributed by atoms with Crippen molar-refractivity contribution in [3.05, 3.63) is 31.5 Å². The smallest absolute Gasteiger partial charge is 0.278 e. The number of hydrogen-bond acceptors (Lipinski definition) is 5. The lowest BCUT2D eigenvalue weighted by molar-refractivity contribution is 0.477. The molecule has 0 atom stereocenters. The first-order valence-electron chi connectivity index (χ1n) is 5.51. The molecule has 0 aliphatic rings. The molecule has 0 unspecified atom stereocenters. The Kier molecular flexibility index (Phi) is 3.20. The maximum Gasteiger partial charge on any atom is 0.278 e. The van der Waals surface area contributed by atoms with Gasteiger partial charge in [-0.3, -0.25) is 9.78 Å². The van der Waals surface area contributed by atoms with Gasteiger partial charge in [-0.25, -0.2) is 4.98 Å². The van der Waals surface area contributed by atoms with Crippen molar-refractivity contribution < 1.29 is 5.11 Å². The molecular formula is C11H6Cl3N5O2. The molecule has 7 nitrogen and oxygen atoms in total. The first kappa shape index (κ1) is 14.0. The molecule has 0 saturated carbocycles. The van der Waals surface area contributed by atoms with Crippen LogP contribution in [-0.2, 0) is 0 Å². The number of aromatic amines is 2. The first-order chi connectivity index (χ1) is 9.88. The zero-order valence-electron chi connectivity index (χ0n) is 10.0. The van der Waals surface area contributed by atoms with Crippen molar-refractivity contribution in [3.63, 3.8) is 0 Å². The number of nitrogens with one attached hydrogen (secondary N) is 2. The van der Waals surface area contributed by atoms with E-state index in [-0.39, 0.29) is 49.3 Å². The van der Waals surface area contributed by atoms with Crippen LogP contribution in [0.1, 0.15) is 0 Å². The third kappa shape index (κ3) is 2.19. The molecular weight excluding hydrogens is 341 g/mol. The molecule has 0 bridgehead atoms. The monoisotopic (exact) mass is 345 g/mol. The van der Waals surface area contributed by atoms with Crippen LogP contribution in [0.3, 0.4) is 0 Å². The van der Waals surface area contributed by atoms with E-state index in [1.54, 1.807) is 0 Å². The second-order valence-corrected chi connectivity index (χ2v) is 5.31. The molecule has 1 aromatic carbocycles. The molecule has 3 rings (SSSR count). The molecule has 0 spiro atoms. The number of fused-ring (bicyclic) bond motifs is 1. The summed E-state index contributed by atoms with van der Waals surface area (Å²) in [6, 6.07) is 1.30. The highest BCUT2D eigenvalue weighted by Gasteiger charge is 2.20. The Morgan fingerprint density at radius 1 is 1.14 bits per heavy atom.